The van der Waals surface area contributed by atoms with Crippen molar-refractivity contribution < 1.29 is 9.53 Å². The number of hydrogen-bond acceptors (Lipinski definition) is 5. The lowest BCUT2D eigenvalue weighted by atomic mass is 9.98. The van der Waals surface area contributed by atoms with Crippen molar-refractivity contribution in [3.8, 4) is 0 Å². The van der Waals surface area contributed by atoms with Gasteiger partial charge in [-0.1, -0.05) is 17.4 Å². The molecule has 3 heterocycles. The minimum absolute atomic E-state index is 0.0937. The van der Waals surface area contributed by atoms with Crippen LogP contribution in [-0.4, -0.2) is 54.2 Å². The molecule has 6 heteroatoms. The Bertz CT molecular complexity index is 759. The average molecular weight is 345 g/mol. The largest absolute Gasteiger partial charge is 0.372 e. The van der Waals surface area contributed by atoms with Gasteiger partial charge < -0.3 is 14.5 Å². The second-order valence-corrected chi connectivity index (χ2v) is 8.08. The van der Waals surface area contributed by atoms with E-state index >= 15 is 0 Å². The molecule has 2 saturated heterocycles. The van der Waals surface area contributed by atoms with Crippen LogP contribution in [0.2, 0.25) is 0 Å². The van der Waals surface area contributed by atoms with Crippen LogP contribution in [0.15, 0.2) is 18.2 Å². The minimum atomic E-state index is 0.0937. The molecule has 2 fully saturated rings. The molecule has 2 aromatic rings. The fraction of sp³-hybridized carbons (Fsp3) is 0.556. The number of hydrogen-bond donors (Lipinski definition) is 0. The Morgan fingerprint density at radius 1 is 1.21 bits per heavy atom. The van der Waals surface area contributed by atoms with Crippen LogP contribution in [0.5, 0.6) is 0 Å². The van der Waals surface area contributed by atoms with E-state index in [2.05, 4.69) is 30.0 Å². The third-order valence-electron chi connectivity index (χ3n) is 4.77. The first-order valence-electron chi connectivity index (χ1n) is 8.56. The van der Waals surface area contributed by atoms with Crippen LogP contribution in [0.3, 0.4) is 0 Å². The number of aryl methyl sites for hydroxylation is 1. The van der Waals surface area contributed by atoms with Crippen LogP contribution in [0.4, 0.5) is 5.13 Å². The number of morpholine rings is 1. The number of benzene rings is 1. The summed E-state index contributed by atoms with van der Waals surface area (Å²) in [6.07, 6.45) is 0.253. The molecule has 0 radical (unpaired) electrons. The zero-order chi connectivity index (χ0) is 16.8. The van der Waals surface area contributed by atoms with E-state index in [0.717, 1.165) is 23.7 Å². The van der Waals surface area contributed by atoms with Crippen molar-refractivity contribution in [3.05, 3.63) is 23.8 Å². The number of carbonyl (C=O) groups excluding carboxylic acids is 1. The predicted molar refractivity (Wildman–Crippen MR) is 96.6 cm³/mol. The van der Waals surface area contributed by atoms with Gasteiger partial charge in [0.15, 0.2) is 5.13 Å². The average Bonchev–Trinajstić information content (AvgIpc) is 2.86. The molecule has 0 N–H and O–H groups in total. The Morgan fingerprint density at radius 3 is 2.62 bits per heavy atom. The fourth-order valence-electron chi connectivity index (χ4n) is 3.56. The third kappa shape index (κ3) is 2.89. The quantitative estimate of drug-likeness (QED) is 0.839. The van der Waals surface area contributed by atoms with Gasteiger partial charge in [0.05, 0.1) is 28.3 Å². The topological polar surface area (TPSA) is 45.7 Å². The molecule has 0 bridgehead atoms. The Morgan fingerprint density at radius 2 is 1.92 bits per heavy atom. The second kappa shape index (κ2) is 6.01. The molecule has 1 amide bonds. The van der Waals surface area contributed by atoms with Gasteiger partial charge in [0.25, 0.3) is 0 Å². The fourth-order valence-corrected chi connectivity index (χ4v) is 4.64. The van der Waals surface area contributed by atoms with Gasteiger partial charge >= 0.3 is 0 Å². The first-order chi connectivity index (χ1) is 11.5. The predicted octanol–water partition coefficient (Wildman–Crippen LogP) is 2.68. The van der Waals surface area contributed by atoms with Crippen molar-refractivity contribution in [2.24, 2.45) is 5.92 Å². The monoisotopic (exact) mass is 345 g/mol. The summed E-state index contributed by atoms with van der Waals surface area (Å²) < 4.78 is 6.94. The van der Waals surface area contributed by atoms with Crippen molar-refractivity contribution in [1.82, 2.24) is 9.88 Å². The van der Waals surface area contributed by atoms with E-state index < -0.39 is 0 Å². The zero-order valence-corrected chi connectivity index (χ0v) is 15.2. The van der Waals surface area contributed by atoms with Crippen molar-refractivity contribution in [3.63, 3.8) is 0 Å². The Labute approximate surface area is 146 Å². The maximum absolute atomic E-state index is 12.7. The highest BCUT2D eigenvalue weighted by molar-refractivity contribution is 7.22. The van der Waals surface area contributed by atoms with Crippen molar-refractivity contribution in [2.45, 2.75) is 33.0 Å². The summed E-state index contributed by atoms with van der Waals surface area (Å²) in [6, 6.07) is 6.34. The van der Waals surface area contributed by atoms with Gasteiger partial charge in [-0.3, -0.25) is 4.79 Å². The van der Waals surface area contributed by atoms with Crippen LogP contribution in [0.25, 0.3) is 10.2 Å². The standard InChI is InChI=1S/C18H23N3O2S/c1-11-4-5-15-16(6-11)24-18(19-15)21-9-14(10-21)17(22)20-7-12(2)23-13(3)8-20/h4-6,12-14H,7-10H2,1-3H3. The molecule has 0 saturated carbocycles. The van der Waals surface area contributed by atoms with Gasteiger partial charge in [-0.05, 0) is 38.5 Å². The van der Waals surface area contributed by atoms with Crippen molar-refractivity contribution in [2.75, 3.05) is 31.1 Å². The lowest BCUT2D eigenvalue weighted by Crippen LogP contribution is -2.58. The molecule has 5 nitrogen and oxygen atoms in total. The second-order valence-electron chi connectivity index (χ2n) is 7.07. The molecule has 2 aliphatic heterocycles. The van der Waals surface area contributed by atoms with Gasteiger partial charge in [-0.25, -0.2) is 4.98 Å². The Balaban J connectivity index is 1.40. The van der Waals surface area contributed by atoms with E-state index in [9.17, 15) is 4.79 Å². The number of fused-ring (bicyclic) bond motifs is 1. The van der Waals surface area contributed by atoms with Gasteiger partial charge in [-0.15, -0.1) is 0 Å². The third-order valence-corrected chi connectivity index (χ3v) is 5.84. The number of aromatic nitrogens is 1. The first-order valence-corrected chi connectivity index (χ1v) is 9.37. The van der Waals surface area contributed by atoms with Crippen LogP contribution in [-0.2, 0) is 9.53 Å². The summed E-state index contributed by atoms with van der Waals surface area (Å²) in [7, 11) is 0. The van der Waals surface area contributed by atoms with E-state index in [-0.39, 0.29) is 24.0 Å². The number of nitrogens with zero attached hydrogens (tertiary/aromatic N) is 3. The number of rotatable bonds is 2. The summed E-state index contributed by atoms with van der Waals surface area (Å²) in [4.78, 5) is 21.6. The minimum Gasteiger partial charge on any atom is -0.372 e. The molecule has 128 valence electrons. The highest BCUT2D eigenvalue weighted by atomic mass is 32.1. The number of ether oxygens (including phenoxy) is 1. The molecule has 0 spiro atoms. The lowest BCUT2D eigenvalue weighted by Gasteiger charge is -2.43. The molecular formula is C18H23N3O2S. The Hall–Kier alpha value is -1.66. The highest BCUT2D eigenvalue weighted by Gasteiger charge is 2.38. The summed E-state index contributed by atoms with van der Waals surface area (Å²) in [5.41, 5.74) is 2.30. The molecular weight excluding hydrogens is 322 g/mol. The number of anilines is 1. The number of amides is 1. The van der Waals surface area contributed by atoms with Gasteiger partial charge in [0, 0.05) is 26.2 Å². The van der Waals surface area contributed by atoms with E-state index in [1.54, 1.807) is 11.3 Å². The van der Waals surface area contributed by atoms with Gasteiger partial charge in [0.1, 0.15) is 0 Å². The van der Waals surface area contributed by atoms with E-state index in [4.69, 9.17) is 9.72 Å². The van der Waals surface area contributed by atoms with E-state index in [0.29, 0.717) is 13.1 Å². The summed E-state index contributed by atoms with van der Waals surface area (Å²) in [5, 5.41) is 1.03. The molecule has 4 rings (SSSR count). The smallest absolute Gasteiger partial charge is 0.229 e. The van der Waals surface area contributed by atoms with Crippen LogP contribution < -0.4 is 4.90 Å². The van der Waals surface area contributed by atoms with Crippen LogP contribution in [0.1, 0.15) is 19.4 Å². The first kappa shape index (κ1) is 15.8. The molecule has 2 aliphatic rings. The normalized spacial score (nSPS) is 25.1. The van der Waals surface area contributed by atoms with E-state index in [1.807, 2.05) is 18.7 Å². The van der Waals surface area contributed by atoms with Crippen LogP contribution in [0, 0.1) is 12.8 Å². The summed E-state index contributed by atoms with van der Waals surface area (Å²) >= 11 is 1.72. The summed E-state index contributed by atoms with van der Waals surface area (Å²) in [6.45, 7) is 9.13. The highest BCUT2D eigenvalue weighted by Crippen LogP contribution is 2.34. The molecule has 2 atom stereocenters. The van der Waals surface area contributed by atoms with Gasteiger partial charge in [0.2, 0.25) is 5.91 Å². The van der Waals surface area contributed by atoms with Crippen molar-refractivity contribution >= 4 is 32.6 Å². The lowest BCUT2D eigenvalue weighted by molar-refractivity contribution is -0.148. The SMILES string of the molecule is Cc1ccc2nc(N3CC(C(=O)N4CC(C)OC(C)C4)C3)sc2c1. The van der Waals surface area contributed by atoms with Crippen molar-refractivity contribution in [1.29, 1.82) is 0 Å². The molecule has 1 aromatic heterocycles. The number of thiazole rings is 1. The molecule has 1 aromatic carbocycles. The maximum atomic E-state index is 12.7. The zero-order valence-electron chi connectivity index (χ0n) is 14.4. The van der Waals surface area contributed by atoms with Crippen LogP contribution >= 0.6 is 11.3 Å². The summed E-state index contributed by atoms with van der Waals surface area (Å²) in [5.74, 6) is 0.362. The number of carbonyl (C=O) groups is 1. The van der Waals surface area contributed by atoms with Gasteiger partial charge in [-0.2, -0.15) is 0 Å². The molecule has 2 unspecified atom stereocenters. The Kier molecular flexibility index (Phi) is 3.96. The maximum Gasteiger partial charge on any atom is 0.229 e. The van der Waals surface area contributed by atoms with E-state index in [1.165, 1.54) is 10.3 Å². The molecule has 24 heavy (non-hydrogen) atoms. The molecule has 0 aliphatic carbocycles.